The Morgan fingerprint density at radius 1 is 0.450 bits per heavy atom. The average Bonchev–Trinajstić information content (AvgIpc) is 2.56. The Balaban J connectivity index is 2.24. The summed E-state index contributed by atoms with van der Waals surface area (Å²) in [6, 6.07) is 32.7. The van der Waals surface area contributed by atoms with Crippen molar-refractivity contribution in [2.75, 3.05) is 0 Å². The molecule has 0 aliphatic carbocycles. The number of hydrogen-bond donors (Lipinski definition) is 0. The van der Waals surface area contributed by atoms with Crippen LogP contribution in [0.1, 0.15) is 16.7 Å². The number of hydrogen-bond acceptors (Lipinski definition) is 0. The fourth-order valence-electron chi connectivity index (χ4n) is 2.81. The maximum atomic E-state index is 2.26. The molecule has 0 bridgehead atoms. The van der Waals surface area contributed by atoms with Crippen molar-refractivity contribution in [1.29, 1.82) is 0 Å². The van der Waals surface area contributed by atoms with Gasteiger partial charge in [-0.25, -0.2) is 0 Å². The second kappa shape index (κ2) is 6.49. The molecule has 92 valence electrons. The first-order valence-corrected chi connectivity index (χ1v) is 9.44. The van der Waals surface area contributed by atoms with Gasteiger partial charge in [-0.1, -0.05) is 0 Å². The summed E-state index contributed by atoms with van der Waals surface area (Å²) >= 11 is 0.382. The average molecular weight is 329 g/mol. The van der Waals surface area contributed by atoms with Crippen LogP contribution in [0.15, 0.2) is 91.0 Å². The van der Waals surface area contributed by atoms with Crippen molar-refractivity contribution in [1.82, 2.24) is 0 Å². The minimum absolute atomic E-state index is 0.0888. The number of benzene rings is 3. The first-order valence-electron chi connectivity index (χ1n) is 6.98. The van der Waals surface area contributed by atoms with Gasteiger partial charge in [-0.05, 0) is 0 Å². The standard InChI is InChI=1S/C19H15.Rb/c1-4-10-16(11-5-1)19(17-12-6-2-7-13-17)18-14-8-3-9-15-18;/h1-15H;. The Bertz CT molecular complexity index is 563. The van der Waals surface area contributed by atoms with Crippen LogP contribution < -0.4 is 0 Å². The second-order valence-electron chi connectivity index (χ2n) is 5.22. The molecule has 0 nitrogen and oxygen atoms in total. The zero-order valence-corrected chi connectivity index (χ0v) is 16.6. The van der Waals surface area contributed by atoms with Crippen molar-refractivity contribution < 1.29 is 0 Å². The van der Waals surface area contributed by atoms with Crippen molar-refractivity contribution >= 4 is 55.5 Å². The van der Waals surface area contributed by atoms with Gasteiger partial charge < -0.3 is 0 Å². The van der Waals surface area contributed by atoms with Gasteiger partial charge in [0.15, 0.2) is 0 Å². The van der Waals surface area contributed by atoms with Gasteiger partial charge in [-0.3, -0.25) is 0 Å². The molecule has 0 saturated heterocycles. The molecule has 1 heteroatoms. The molecule has 3 aromatic rings. The van der Waals surface area contributed by atoms with Gasteiger partial charge in [-0.15, -0.1) is 0 Å². The van der Waals surface area contributed by atoms with E-state index in [0.717, 1.165) is 0 Å². The SMILES string of the molecule is [Rb][C](c1ccccc1)(c1ccccc1)c1ccccc1. The molecule has 0 heterocycles. The van der Waals surface area contributed by atoms with Gasteiger partial charge in [0.2, 0.25) is 0 Å². The van der Waals surface area contributed by atoms with Crippen LogP contribution in [0.3, 0.4) is 0 Å². The first kappa shape index (κ1) is 14.4. The van der Waals surface area contributed by atoms with Crippen LogP contribution in [0.2, 0.25) is 0 Å². The van der Waals surface area contributed by atoms with Gasteiger partial charge in [0.05, 0.1) is 0 Å². The third kappa shape index (κ3) is 2.75. The van der Waals surface area contributed by atoms with Gasteiger partial charge in [0.1, 0.15) is 0 Å². The molecule has 0 unspecified atom stereocenters. The summed E-state index contributed by atoms with van der Waals surface area (Å²) in [5.41, 5.74) is 4.23. The minimum atomic E-state index is 0.0888. The van der Waals surface area contributed by atoms with Crippen LogP contribution >= 0.6 is 0 Å². The Labute approximate surface area is 159 Å². The summed E-state index contributed by atoms with van der Waals surface area (Å²) in [4.78, 5) is 0. The van der Waals surface area contributed by atoms with Crippen LogP contribution in [-0.4, -0.2) is 55.5 Å². The van der Waals surface area contributed by atoms with Crippen molar-refractivity contribution in [3.05, 3.63) is 108 Å². The predicted molar refractivity (Wildman–Crippen MR) is 85.0 cm³/mol. The third-order valence-electron chi connectivity index (χ3n) is 4.05. The molecule has 0 aliphatic rings. The van der Waals surface area contributed by atoms with Gasteiger partial charge >= 0.3 is 162 Å². The summed E-state index contributed by atoms with van der Waals surface area (Å²) in [7, 11) is 0. The van der Waals surface area contributed by atoms with E-state index in [1.807, 2.05) is 0 Å². The molecule has 0 amide bonds. The van der Waals surface area contributed by atoms with E-state index in [-0.39, 0.29) is -1.52 Å². The fourth-order valence-corrected chi connectivity index (χ4v) is 5.27. The van der Waals surface area contributed by atoms with Gasteiger partial charge in [-0.2, -0.15) is 0 Å². The molecule has 0 N–H and O–H groups in total. The zero-order chi connectivity index (χ0) is 13.8. The van der Waals surface area contributed by atoms with E-state index in [1.54, 1.807) is 0 Å². The molecule has 0 aromatic heterocycles. The molecule has 20 heavy (non-hydrogen) atoms. The Morgan fingerprint density at radius 2 is 0.700 bits per heavy atom. The van der Waals surface area contributed by atoms with E-state index < -0.39 is 0 Å². The number of rotatable bonds is 3. The quantitative estimate of drug-likeness (QED) is 0.634. The zero-order valence-electron chi connectivity index (χ0n) is 11.7. The molecule has 0 atom stereocenters. The molecule has 3 aromatic carbocycles. The molecule has 0 fully saturated rings. The van der Waals surface area contributed by atoms with Gasteiger partial charge in [0.25, 0.3) is 0 Å². The maximum absolute atomic E-state index is 2.26. The molecule has 0 radical (unpaired) electrons. The van der Waals surface area contributed by atoms with Gasteiger partial charge in [0, 0.05) is 0 Å². The summed E-state index contributed by atoms with van der Waals surface area (Å²) in [5, 5.41) is 0. The van der Waals surface area contributed by atoms with Crippen LogP contribution in [0, 0.1) is 0 Å². The topological polar surface area (TPSA) is 0 Å². The van der Waals surface area contributed by atoms with Crippen molar-refractivity contribution in [2.45, 2.75) is -1.52 Å². The van der Waals surface area contributed by atoms with Crippen LogP contribution in [-0.2, 0) is -1.52 Å². The summed E-state index contributed by atoms with van der Waals surface area (Å²) in [6.07, 6.45) is 0. The van der Waals surface area contributed by atoms with E-state index in [0.29, 0.717) is 55.5 Å². The Morgan fingerprint density at radius 3 is 0.950 bits per heavy atom. The van der Waals surface area contributed by atoms with E-state index in [1.165, 1.54) is 16.7 Å². The van der Waals surface area contributed by atoms with E-state index in [2.05, 4.69) is 91.0 Å². The van der Waals surface area contributed by atoms with E-state index >= 15 is 0 Å². The van der Waals surface area contributed by atoms with E-state index in [9.17, 15) is 0 Å². The van der Waals surface area contributed by atoms with Crippen LogP contribution in [0.25, 0.3) is 0 Å². The predicted octanol–water partition coefficient (Wildman–Crippen LogP) is 4.15. The molecular weight excluding hydrogens is 314 g/mol. The monoisotopic (exact) mass is 328 g/mol. The van der Waals surface area contributed by atoms with E-state index in [4.69, 9.17) is 0 Å². The molecular formula is C19H15Rb. The molecule has 0 spiro atoms. The van der Waals surface area contributed by atoms with Crippen molar-refractivity contribution in [3.63, 3.8) is 0 Å². The van der Waals surface area contributed by atoms with Crippen LogP contribution in [0.4, 0.5) is 0 Å². The fraction of sp³-hybridized carbons (Fsp3) is 0.0526. The summed E-state index contributed by atoms with van der Waals surface area (Å²) < 4.78 is 0.0888. The summed E-state index contributed by atoms with van der Waals surface area (Å²) in [5.74, 6) is 0. The molecule has 3 rings (SSSR count). The Hall–Kier alpha value is -0.535. The third-order valence-corrected chi connectivity index (χ3v) is 8.31. The van der Waals surface area contributed by atoms with Crippen molar-refractivity contribution in [3.8, 4) is 0 Å². The van der Waals surface area contributed by atoms with Crippen LogP contribution in [0.5, 0.6) is 0 Å². The molecule has 0 saturated carbocycles. The Kier molecular flexibility index (Phi) is 4.67. The summed E-state index contributed by atoms with van der Waals surface area (Å²) in [6.45, 7) is 0. The van der Waals surface area contributed by atoms with Crippen molar-refractivity contribution in [2.24, 2.45) is 0 Å². The first-order chi connectivity index (χ1) is 9.82. The second-order valence-corrected chi connectivity index (χ2v) is 8.91. The normalized spacial score (nSPS) is 11.3. The molecule has 0 aliphatic heterocycles.